The van der Waals surface area contributed by atoms with Crippen molar-refractivity contribution in [1.82, 2.24) is 4.90 Å². The lowest BCUT2D eigenvalue weighted by Gasteiger charge is -2.20. The van der Waals surface area contributed by atoms with Gasteiger partial charge in [-0.3, -0.25) is 4.79 Å². The minimum absolute atomic E-state index is 0.00462. The van der Waals surface area contributed by atoms with Gasteiger partial charge in [0.2, 0.25) is 5.91 Å². The predicted octanol–water partition coefficient (Wildman–Crippen LogP) is 2.36. The molecule has 1 heterocycles. The summed E-state index contributed by atoms with van der Waals surface area (Å²) in [5.74, 6) is -0.0891. The van der Waals surface area contributed by atoms with Crippen LogP contribution >= 0.6 is 0 Å². The first-order chi connectivity index (χ1) is 10.8. The Morgan fingerprint density at radius 2 is 2.04 bits per heavy atom. The maximum absolute atomic E-state index is 13.9. The lowest BCUT2D eigenvalue weighted by Crippen LogP contribution is -2.32. The van der Waals surface area contributed by atoms with Gasteiger partial charge in [0.05, 0.1) is 5.75 Å². The molecule has 0 radical (unpaired) electrons. The van der Waals surface area contributed by atoms with Gasteiger partial charge in [-0.05, 0) is 36.3 Å². The van der Waals surface area contributed by atoms with Crippen LogP contribution in [0.5, 0.6) is 0 Å². The Balaban J connectivity index is 1.61. The van der Waals surface area contributed by atoms with E-state index in [0.29, 0.717) is 25.1 Å². The highest BCUT2D eigenvalue weighted by molar-refractivity contribution is 7.90. The van der Waals surface area contributed by atoms with Crippen molar-refractivity contribution in [1.29, 1.82) is 0 Å². The molecule has 1 saturated carbocycles. The molecule has 1 aromatic rings. The summed E-state index contributed by atoms with van der Waals surface area (Å²) in [6, 6.07) is 6.71. The van der Waals surface area contributed by atoms with E-state index in [1.54, 1.807) is 17.0 Å². The van der Waals surface area contributed by atoms with E-state index in [-0.39, 0.29) is 28.8 Å². The Kier molecular flexibility index (Phi) is 4.21. The molecule has 3 rings (SSSR count). The van der Waals surface area contributed by atoms with E-state index in [1.807, 2.05) is 6.07 Å². The van der Waals surface area contributed by atoms with Crippen LogP contribution in [0.2, 0.25) is 0 Å². The molecule has 6 heteroatoms. The van der Waals surface area contributed by atoms with E-state index in [9.17, 15) is 17.6 Å². The molecule has 1 atom stereocenters. The number of nitrogens with zero attached hydrogens (tertiary/aromatic N) is 1. The van der Waals surface area contributed by atoms with Gasteiger partial charge in [0.1, 0.15) is 15.7 Å². The molecule has 1 aliphatic carbocycles. The molecular weight excluding hydrogens is 317 g/mol. The Bertz CT molecular complexity index is 712. The van der Waals surface area contributed by atoms with Crippen LogP contribution in [0, 0.1) is 11.2 Å². The van der Waals surface area contributed by atoms with E-state index in [1.165, 1.54) is 12.3 Å². The minimum Gasteiger partial charge on any atom is -0.342 e. The summed E-state index contributed by atoms with van der Waals surface area (Å²) in [7, 11) is -3.07. The highest BCUT2D eigenvalue weighted by Gasteiger charge is 2.47. The van der Waals surface area contributed by atoms with Crippen LogP contribution in [0.15, 0.2) is 24.3 Å². The number of hydrogen-bond donors (Lipinski definition) is 0. The average molecular weight is 339 g/mol. The van der Waals surface area contributed by atoms with E-state index in [2.05, 4.69) is 0 Å². The lowest BCUT2D eigenvalue weighted by atomic mass is 9.98. The van der Waals surface area contributed by atoms with E-state index in [4.69, 9.17) is 0 Å². The van der Waals surface area contributed by atoms with Gasteiger partial charge in [0.25, 0.3) is 0 Å². The third kappa shape index (κ3) is 3.91. The Hall–Kier alpha value is -1.43. The van der Waals surface area contributed by atoms with Crippen molar-refractivity contribution >= 4 is 15.7 Å². The quantitative estimate of drug-likeness (QED) is 0.827. The van der Waals surface area contributed by atoms with Gasteiger partial charge in [-0.25, -0.2) is 12.8 Å². The molecule has 1 unspecified atom stereocenters. The van der Waals surface area contributed by atoms with Crippen LogP contribution < -0.4 is 0 Å². The Morgan fingerprint density at radius 1 is 1.35 bits per heavy atom. The largest absolute Gasteiger partial charge is 0.342 e. The molecule has 0 N–H and O–H groups in total. The summed E-state index contributed by atoms with van der Waals surface area (Å²) in [5, 5.41) is 0. The van der Waals surface area contributed by atoms with Gasteiger partial charge in [0, 0.05) is 31.7 Å². The second-order valence-corrected chi connectivity index (χ2v) is 9.23. The molecule has 0 aromatic heterocycles. The third-order valence-corrected chi connectivity index (χ3v) is 6.07. The summed E-state index contributed by atoms with van der Waals surface area (Å²) in [4.78, 5) is 14.2. The molecule has 126 valence electrons. The fourth-order valence-corrected chi connectivity index (χ4v) is 5.09. The van der Waals surface area contributed by atoms with Gasteiger partial charge >= 0.3 is 0 Å². The second-order valence-electron chi connectivity index (χ2n) is 7.09. The van der Waals surface area contributed by atoms with Crippen molar-refractivity contribution < 1.29 is 17.6 Å². The summed E-state index contributed by atoms with van der Waals surface area (Å²) in [6.45, 7) is 1.14. The summed E-state index contributed by atoms with van der Waals surface area (Å²) in [5.41, 5.74) is 0.320. The zero-order valence-electron chi connectivity index (χ0n) is 13.3. The first-order valence-corrected chi connectivity index (χ1v) is 10.0. The van der Waals surface area contributed by atoms with E-state index in [0.717, 1.165) is 19.3 Å². The van der Waals surface area contributed by atoms with Gasteiger partial charge in [-0.1, -0.05) is 18.2 Å². The molecule has 1 aromatic carbocycles. The Morgan fingerprint density at radius 3 is 2.65 bits per heavy atom. The molecule has 1 aliphatic heterocycles. The number of halogens is 1. The second kappa shape index (κ2) is 5.89. The number of hydrogen-bond acceptors (Lipinski definition) is 3. The van der Waals surface area contributed by atoms with Crippen molar-refractivity contribution in [3.8, 4) is 0 Å². The summed E-state index contributed by atoms with van der Waals surface area (Å²) >= 11 is 0. The molecular formula is C17H22FNO3S. The summed E-state index contributed by atoms with van der Waals surface area (Å²) < 4.78 is 36.9. The maximum Gasteiger partial charge on any atom is 0.223 e. The number of benzene rings is 1. The van der Waals surface area contributed by atoms with Crippen molar-refractivity contribution in [3.05, 3.63) is 35.6 Å². The minimum atomic E-state index is -3.07. The lowest BCUT2D eigenvalue weighted by molar-refractivity contribution is -0.131. The normalized spacial score (nSPS) is 23.0. The van der Waals surface area contributed by atoms with Crippen LogP contribution in [-0.4, -0.2) is 44.3 Å². The zero-order valence-corrected chi connectivity index (χ0v) is 14.1. The number of amides is 1. The van der Waals surface area contributed by atoms with Crippen LogP contribution in [0.1, 0.15) is 37.2 Å². The van der Waals surface area contributed by atoms with Crippen LogP contribution in [0.3, 0.4) is 0 Å². The molecule has 0 spiro atoms. The predicted molar refractivity (Wildman–Crippen MR) is 86.3 cm³/mol. The van der Waals surface area contributed by atoms with E-state index >= 15 is 0 Å². The van der Waals surface area contributed by atoms with Gasteiger partial charge in [-0.15, -0.1) is 0 Å². The monoisotopic (exact) mass is 339 g/mol. The average Bonchev–Trinajstić information content (AvgIpc) is 3.01. The van der Waals surface area contributed by atoms with Gasteiger partial charge in [0.15, 0.2) is 0 Å². The van der Waals surface area contributed by atoms with Crippen molar-refractivity contribution in [2.45, 2.75) is 31.6 Å². The van der Waals surface area contributed by atoms with E-state index < -0.39 is 9.84 Å². The molecule has 4 nitrogen and oxygen atoms in total. The maximum atomic E-state index is 13.9. The van der Waals surface area contributed by atoms with Crippen LogP contribution in [0.4, 0.5) is 4.39 Å². The molecule has 2 aliphatic rings. The van der Waals surface area contributed by atoms with Crippen molar-refractivity contribution in [2.24, 2.45) is 5.41 Å². The zero-order chi connectivity index (χ0) is 16.7. The first kappa shape index (κ1) is 16.4. The number of carbonyl (C=O) groups is 1. The molecule has 1 saturated heterocycles. The molecule has 2 fully saturated rings. The van der Waals surface area contributed by atoms with Crippen molar-refractivity contribution in [3.63, 3.8) is 0 Å². The van der Waals surface area contributed by atoms with Crippen LogP contribution in [-0.2, 0) is 14.6 Å². The first-order valence-electron chi connectivity index (χ1n) is 7.98. The molecule has 1 amide bonds. The fourth-order valence-electron chi connectivity index (χ4n) is 3.58. The smallest absolute Gasteiger partial charge is 0.223 e. The number of likely N-dealkylation sites (tertiary alicyclic amines) is 1. The van der Waals surface area contributed by atoms with Gasteiger partial charge in [-0.2, -0.15) is 0 Å². The SMILES string of the molecule is CS(=O)(=O)CC1(CC(=O)N2CCC(c3ccccc3F)C2)CC1. The standard InChI is InChI=1S/C17H22FNO3S/c1-23(21,22)12-17(7-8-17)10-16(20)19-9-6-13(11-19)14-4-2-3-5-15(14)18/h2-5,13H,6-12H2,1H3. The number of carbonyl (C=O) groups excluding carboxylic acids is 1. The highest BCUT2D eigenvalue weighted by atomic mass is 32.2. The summed E-state index contributed by atoms with van der Waals surface area (Å²) in [6.07, 6.45) is 3.88. The third-order valence-electron chi connectivity index (χ3n) is 4.94. The number of sulfone groups is 1. The number of rotatable bonds is 5. The highest BCUT2D eigenvalue weighted by Crippen LogP contribution is 2.50. The molecule has 0 bridgehead atoms. The van der Waals surface area contributed by atoms with Crippen LogP contribution in [0.25, 0.3) is 0 Å². The Labute approximate surface area is 136 Å². The van der Waals surface area contributed by atoms with Crippen molar-refractivity contribution in [2.75, 3.05) is 25.1 Å². The van der Waals surface area contributed by atoms with Gasteiger partial charge < -0.3 is 4.90 Å². The molecule has 23 heavy (non-hydrogen) atoms. The fraction of sp³-hybridized carbons (Fsp3) is 0.588. The topological polar surface area (TPSA) is 54.5 Å².